The largest absolute Gasteiger partial charge is 0.391 e. The number of rotatable bonds is 6. The molecule has 0 aliphatic carbocycles. The van der Waals surface area contributed by atoms with Gasteiger partial charge in [-0.15, -0.1) is 0 Å². The summed E-state index contributed by atoms with van der Waals surface area (Å²) in [5, 5.41) is 12.4. The second kappa shape index (κ2) is 6.36. The minimum absolute atomic E-state index is 0.0177. The van der Waals surface area contributed by atoms with Crippen molar-refractivity contribution in [2.24, 2.45) is 5.11 Å². The van der Waals surface area contributed by atoms with Gasteiger partial charge in [-0.25, -0.2) is 0 Å². The van der Waals surface area contributed by atoms with E-state index in [0.29, 0.717) is 0 Å². The Labute approximate surface area is 105 Å². The summed E-state index contributed by atoms with van der Waals surface area (Å²) in [7, 11) is -3.89. The molecule has 0 fully saturated rings. The van der Waals surface area contributed by atoms with Crippen LogP contribution in [0.4, 0.5) is 0 Å². The van der Waals surface area contributed by atoms with Crippen LogP contribution in [0.3, 0.4) is 0 Å². The smallest absolute Gasteiger partial charge is 0.297 e. The van der Waals surface area contributed by atoms with Crippen LogP contribution in [0.2, 0.25) is 0 Å². The highest BCUT2D eigenvalue weighted by molar-refractivity contribution is 7.86. The number of hydrogen-bond donors (Lipinski definition) is 1. The van der Waals surface area contributed by atoms with Gasteiger partial charge in [0.25, 0.3) is 10.1 Å². The van der Waals surface area contributed by atoms with Crippen LogP contribution >= 0.6 is 0 Å². The van der Waals surface area contributed by atoms with E-state index in [4.69, 9.17) is 5.53 Å². The predicted octanol–water partition coefficient (Wildman–Crippen LogP) is 1.37. The van der Waals surface area contributed by atoms with E-state index in [1.807, 2.05) is 6.92 Å². The number of azide groups is 1. The average Bonchev–Trinajstić information content (AvgIpc) is 2.34. The normalized spacial score (nSPS) is 12.8. The summed E-state index contributed by atoms with van der Waals surface area (Å²) in [4.78, 5) is 2.47. The molecule has 1 aromatic carbocycles. The fourth-order valence-electron chi connectivity index (χ4n) is 1.12. The van der Waals surface area contributed by atoms with Gasteiger partial charge in [-0.1, -0.05) is 22.8 Å². The summed E-state index contributed by atoms with van der Waals surface area (Å²) < 4.78 is 28.0. The molecule has 0 radical (unpaired) electrons. The lowest BCUT2D eigenvalue weighted by Crippen LogP contribution is -2.21. The first-order valence-corrected chi connectivity index (χ1v) is 6.51. The highest BCUT2D eigenvalue weighted by Crippen LogP contribution is 2.13. The fourth-order valence-corrected chi connectivity index (χ4v) is 2.07. The zero-order valence-corrected chi connectivity index (χ0v) is 10.5. The molecule has 0 spiro atoms. The first-order valence-electron chi connectivity index (χ1n) is 5.11. The average molecular weight is 271 g/mol. The molecule has 0 heterocycles. The van der Waals surface area contributed by atoms with E-state index in [1.165, 1.54) is 12.1 Å². The van der Waals surface area contributed by atoms with Gasteiger partial charge < -0.3 is 5.11 Å². The van der Waals surface area contributed by atoms with Crippen LogP contribution < -0.4 is 0 Å². The van der Waals surface area contributed by atoms with Crippen molar-refractivity contribution in [1.82, 2.24) is 0 Å². The predicted molar refractivity (Wildman–Crippen MR) is 64.3 cm³/mol. The molecule has 0 saturated carbocycles. The van der Waals surface area contributed by atoms with Crippen LogP contribution in [-0.4, -0.2) is 32.8 Å². The van der Waals surface area contributed by atoms with Gasteiger partial charge in [0.05, 0.1) is 24.2 Å². The molecule has 0 aliphatic heterocycles. The SMILES string of the molecule is Cc1ccc(S(=O)(=O)OC[C@H](O)CN=[N+]=[N-])cc1. The van der Waals surface area contributed by atoms with Crippen molar-refractivity contribution in [3.05, 3.63) is 40.3 Å². The molecule has 1 N–H and O–H groups in total. The van der Waals surface area contributed by atoms with E-state index in [9.17, 15) is 13.5 Å². The maximum atomic E-state index is 11.7. The summed E-state index contributed by atoms with van der Waals surface area (Å²) >= 11 is 0. The van der Waals surface area contributed by atoms with Crippen LogP contribution in [0.15, 0.2) is 34.3 Å². The number of benzene rings is 1. The third-order valence-electron chi connectivity index (χ3n) is 2.08. The van der Waals surface area contributed by atoms with Crippen LogP contribution in [-0.2, 0) is 14.3 Å². The fraction of sp³-hybridized carbons (Fsp3) is 0.400. The zero-order valence-electron chi connectivity index (χ0n) is 9.72. The first-order chi connectivity index (χ1) is 8.45. The summed E-state index contributed by atoms with van der Waals surface area (Å²) in [6.07, 6.45) is -1.15. The van der Waals surface area contributed by atoms with Crippen molar-refractivity contribution in [3.8, 4) is 0 Å². The van der Waals surface area contributed by atoms with Gasteiger partial charge in [-0.3, -0.25) is 4.18 Å². The molecule has 8 heteroatoms. The van der Waals surface area contributed by atoms with E-state index in [-0.39, 0.29) is 11.4 Å². The van der Waals surface area contributed by atoms with E-state index in [0.717, 1.165) is 5.56 Å². The molecular formula is C10H13N3O4S. The maximum absolute atomic E-state index is 11.7. The lowest BCUT2D eigenvalue weighted by atomic mass is 10.2. The lowest BCUT2D eigenvalue weighted by molar-refractivity contribution is 0.117. The topological polar surface area (TPSA) is 112 Å². The van der Waals surface area contributed by atoms with Gasteiger partial charge in [-0.05, 0) is 24.6 Å². The van der Waals surface area contributed by atoms with Crippen molar-refractivity contribution in [2.75, 3.05) is 13.2 Å². The minimum Gasteiger partial charge on any atom is -0.391 e. The van der Waals surface area contributed by atoms with E-state index >= 15 is 0 Å². The molecule has 18 heavy (non-hydrogen) atoms. The van der Waals surface area contributed by atoms with Gasteiger partial charge in [-0.2, -0.15) is 8.42 Å². The summed E-state index contributed by atoms with van der Waals surface area (Å²) in [6.45, 7) is 1.15. The van der Waals surface area contributed by atoms with Crippen molar-refractivity contribution in [3.63, 3.8) is 0 Å². The quantitative estimate of drug-likeness (QED) is 0.364. The highest BCUT2D eigenvalue weighted by atomic mass is 32.2. The Kier molecular flexibility index (Phi) is 5.11. The molecule has 1 rings (SSSR count). The summed E-state index contributed by atoms with van der Waals surface area (Å²) in [5.74, 6) is 0. The molecule has 0 saturated heterocycles. The van der Waals surface area contributed by atoms with Crippen LogP contribution in [0, 0.1) is 6.92 Å². The van der Waals surface area contributed by atoms with Crippen LogP contribution in [0.25, 0.3) is 10.4 Å². The van der Waals surface area contributed by atoms with Gasteiger partial charge in [0.1, 0.15) is 0 Å². The first kappa shape index (κ1) is 14.5. The second-order valence-electron chi connectivity index (χ2n) is 3.62. The van der Waals surface area contributed by atoms with Crippen molar-refractivity contribution in [1.29, 1.82) is 0 Å². The molecule has 1 atom stereocenters. The van der Waals surface area contributed by atoms with Gasteiger partial charge in [0.15, 0.2) is 0 Å². The lowest BCUT2D eigenvalue weighted by Gasteiger charge is -2.09. The number of aryl methyl sites for hydroxylation is 1. The minimum atomic E-state index is -3.89. The molecule has 0 unspecified atom stereocenters. The van der Waals surface area contributed by atoms with E-state index < -0.39 is 22.8 Å². The molecule has 0 amide bonds. The number of aliphatic hydroxyl groups excluding tert-OH is 1. The Balaban J connectivity index is 2.65. The Hall–Kier alpha value is -1.60. The maximum Gasteiger partial charge on any atom is 0.297 e. The van der Waals surface area contributed by atoms with Crippen LogP contribution in [0.5, 0.6) is 0 Å². The Morgan fingerprint density at radius 3 is 2.61 bits per heavy atom. The Morgan fingerprint density at radius 2 is 2.06 bits per heavy atom. The van der Waals surface area contributed by atoms with Crippen molar-refractivity contribution >= 4 is 10.1 Å². The monoisotopic (exact) mass is 271 g/mol. The summed E-state index contributed by atoms with van der Waals surface area (Å²) in [5.41, 5.74) is 8.96. The Morgan fingerprint density at radius 1 is 1.44 bits per heavy atom. The second-order valence-corrected chi connectivity index (χ2v) is 5.23. The van der Waals surface area contributed by atoms with E-state index in [2.05, 4.69) is 14.2 Å². The van der Waals surface area contributed by atoms with E-state index in [1.54, 1.807) is 12.1 Å². The van der Waals surface area contributed by atoms with Gasteiger partial charge >= 0.3 is 0 Å². The number of hydrogen-bond acceptors (Lipinski definition) is 5. The van der Waals surface area contributed by atoms with Gasteiger partial charge in [0, 0.05) is 4.91 Å². The Bertz CT molecular complexity index is 535. The third-order valence-corrected chi connectivity index (χ3v) is 3.38. The zero-order chi connectivity index (χ0) is 13.6. The molecule has 7 nitrogen and oxygen atoms in total. The van der Waals surface area contributed by atoms with Gasteiger partial charge in [0.2, 0.25) is 0 Å². The highest BCUT2D eigenvalue weighted by Gasteiger charge is 2.16. The number of nitrogens with zero attached hydrogens (tertiary/aromatic N) is 3. The molecule has 1 aromatic rings. The summed E-state index contributed by atoms with van der Waals surface area (Å²) in [6, 6.07) is 6.13. The molecule has 0 aliphatic rings. The molecule has 98 valence electrons. The molecule has 0 aromatic heterocycles. The molecule has 0 bridgehead atoms. The number of aliphatic hydroxyl groups is 1. The van der Waals surface area contributed by atoms with Crippen molar-refractivity contribution in [2.45, 2.75) is 17.9 Å². The molecular weight excluding hydrogens is 258 g/mol. The standard InChI is InChI=1S/C10H13N3O4S/c1-8-2-4-10(5-3-8)18(15,16)17-7-9(14)6-12-13-11/h2-5,9,14H,6-7H2,1H3/t9-/m1/s1. The van der Waals surface area contributed by atoms with Crippen LogP contribution in [0.1, 0.15) is 5.56 Å². The van der Waals surface area contributed by atoms with Crippen molar-refractivity contribution < 1.29 is 17.7 Å². The third kappa shape index (κ3) is 4.34.